The summed E-state index contributed by atoms with van der Waals surface area (Å²) in [6.45, 7) is 12.7. The molecule has 1 rings (SSSR count). The van der Waals surface area contributed by atoms with Crippen molar-refractivity contribution in [2.45, 2.75) is 59.9 Å². The molecule has 0 heterocycles. The van der Waals surface area contributed by atoms with Gasteiger partial charge < -0.3 is 13.3 Å². The minimum Gasteiger partial charge on any atom is -0.374 e. The third kappa shape index (κ3) is 5.32. The van der Waals surface area contributed by atoms with Crippen molar-refractivity contribution in [3.8, 4) is 0 Å². The van der Waals surface area contributed by atoms with Crippen molar-refractivity contribution >= 4 is 8.80 Å². The number of rotatable bonds is 9. The lowest BCUT2D eigenvalue weighted by molar-refractivity contribution is 0.0645. The molecule has 0 aromatic heterocycles. The van der Waals surface area contributed by atoms with Gasteiger partial charge >= 0.3 is 8.80 Å². The van der Waals surface area contributed by atoms with Crippen LogP contribution in [0.3, 0.4) is 0 Å². The second-order valence-corrected chi connectivity index (χ2v) is 8.39. The highest BCUT2D eigenvalue weighted by Gasteiger charge is 2.43. The smallest absolute Gasteiger partial charge is 0.374 e. The van der Waals surface area contributed by atoms with E-state index in [-0.39, 0.29) is 0 Å². The Morgan fingerprint density at radius 2 is 1.70 bits per heavy atom. The van der Waals surface area contributed by atoms with Crippen molar-refractivity contribution in [3.05, 3.63) is 11.6 Å². The van der Waals surface area contributed by atoms with Crippen molar-refractivity contribution < 1.29 is 13.3 Å². The highest BCUT2D eigenvalue weighted by molar-refractivity contribution is 6.60. The first kappa shape index (κ1) is 17.9. The van der Waals surface area contributed by atoms with Crippen molar-refractivity contribution in [1.82, 2.24) is 0 Å². The summed E-state index contributed by atoms with van der Waals surface area (Å²) in [6, 6.07) is 0.945. The molecule has 4 heteroatoms. The van der Waals surface area contributed by atoms with Gasteiger partial charge in [-0.25, -0.2) is 0 Å². The Hall–Kier alpha value is -0.163. The van der Waals surface area contributed by atoms with E-state index in [2.05, 4.69) is 19.9 Å². The van der Waals surface area contributed by atoms with Crippen molar-refractivity contribution in [1.29, 1.82) is 0 Å². The van der Waals surface area contributed by atoms with Gasteiger partial charge in [0.25, 0.3) is 0 Å². The Labute approximate surface area is 126 Å². The van der Waals surface area contributed by atoms with E-state index >= 15 is 0 Å². The van der Waals surface area contributed by atoms with Gasteiger partial charge in [0.05, 0.1) is 0 Å². The maximum atomic E-state index is 5.97. The predicted octanol–water partition coefficient (Wildman–Crippen LogP) is 4.42. The van der Waals surface area contributed by atoms with Gasteiger partial charge in [0.1, 0.15) is 0 Å². The van der Waals surface area contributed by atoms with Crippen LogP contribution in [-0.4, -0.2) is 28.6 Å². The zero-order valence-corrected chi connectivity index (χ0v) is 14.9. The molecule has 118 valence electrons. The SMILES string of the molecule is CCO[Si](C[C@@H](C)[C@H]1CC=C(C)CC1)(OCC)OCC. The Balaban J connectivity index is 2.67. The molecule has 1 aliphatic rings. The largest absolute Gasteiger partial charge is 0.501 e. The van der Waals surface area contributed by atoms with E-state index in [0.717, 1.165) is 12.0 Å². The molecule has 0 amide bonds. The van der Waals surface area contributed by atoms with Gasteiger partial charge in [-0.15, -0.1) is 0 Å². The highest BCUT2D eigenvalue weighted by Crippen LogP contribution is 2.34. The number of hydrogen-bond acceptors (Lipinski definition) is 3. The number of allylic oxidation sites excluding steroid dienone is 2. The lowest BCUT2D eigenvalue weighted by atomic mass is 9.83. The van der Waals surface area contributed by atoms with E-state index in [9.17, 15) is 0 Å². The van der Waals surface area contributed by atoms with Gasteiger partial charge in [-0.2, -0.15) is 0 Å². The van der Waals surface area contributed by atoms with Crippen LogP contribution in [0.25, 0.3) is 0 Å². The van der Waals surface area contributed by atoms with Crippen LogP contribution in [0.2, 0.25) is 6.04 Å². The quantitative estimate of drug-likeness (QED) is 0.466. The minimum atomic E-state index is -2.48. The van der Waals surface area contributed by atoms with Crippen molar-refractivity contribution in [2.75, 3.05) is 19.8 Å². The molecule has 0 bridgehead atoms. The molecular weight excluding hydrogens is 268 g/mol. The monoisotopic (exact) mass is 300 g/mol. The Morgan fingerprint density at radius 1 is 1.15 bits per heavy atom. The Bertz CT molecular complexity index is 287. The van der Waals surface area contributed by atoms with Crippen molar-refractivity contribution in [3.63, 3.8) is 0 Å². The maximum Gasteiger partial charge on any atom is 0.501 e. The first-order valence-electron chi connectivity index (χ1n) is 8.14. The Morgan fingerprint density at radius 3 is 2.10 bits per heavy atom. The van der Waals surface area contributed by atoms with Gasteiger partial charge in [-0.05, 0) is 58.8 Å². The summed E-state index contributed by atoms with van der Waals surface area (Å²) in [5.41, 5.74) is 1.54. The summed E-state index contributed by atoms with van der Waals surface area (Å²) in [7, 11) is -2.48. The molecule has 1 aliphatic carbocycles. The molecule has 0 unspecified atom stereocenters. The number of hydrogen-bond donors (Lipinski definition) is 0. The van der Waals surface area contributed by atoms with Gasteiger partial charge in [0.15, 0.2) is 0 Å². The topological polar surface area (TPSA) is 27.7 Å². The molecule has 0 saturated heterocycles. The van der Waals surface area contributed by atoms with Crippen LogP contribution in [0, 0.1) is 11.8 Å². The fraction of sp³-hybridized carbons (Fsp3) is 0.875. The second-order valence-electron chi connectivity index (χ2n) is 5.75. The molecule has 3 nitrogen and oxygen atoms in total. The first-order chi connectivity index (χ1) is 9.56. The molecule has 0 saturated carbocycles. The van der Waals surface area contributed by atoms with E-state index in [1.807, 2.05) is 20.8 Å². The van der Waals surface area contributed by atoms with Crippen LogP contribution in [0.5, 0.6) is 0 Å². The zero-order chi connectivity index (χ0) is 15.0. The molecule has 0 aliphatic heterocycles. The second kappa shape index (κ2) is 8.98. The summed E-state index contributed by atoms with van der Waals surface area (Å²) in [4.78, 5) is 0. The summed E-state index contributed by atoms with van der Waals surface area (Å²) >= 11 is 0. The van der Waals surface area contributed by atoms with Crippen LogP contribution in [0.1, 0.15) is 53.9 Å². The summed E-state index contributed by atoms with van der Waals surface area (Å²) in [5, 5.41) is 0. The molecule has 0 radical (unpaired) electrons. The van der Waals surface area contributed by atoms with E-state index in [1.54, 1.807) is 0 Å². The van der Waals surface area contributed by atoms with Crippen molar-refractivity contribution in [2.24, 2.45) is 11.8 Å². The lowest BCUT2D eigenvalue weighted by Gasteiger charge is -2.34. The van der Waals surface area contributed by atoms with Crippen LogP contribution in [0.4, 0.5) is 0 Å². The van der Waals surface area contributed by atoms with E-state index in [1.165, 1.54) is 24.8 Å². The summed E-state index contributed by atoms with van der Waals surface area (Å²) in [5.74, 6) is 1.34. The fourth-order valence-corrected chi connectivity index (χ4v) is 6.07. The van der Waals surface area contributed by atoms with E-state index < -0.39 is 8.80 Å². The average molecular weight is 301 g/mol. The van der Waals surface area contributed by atoms with E-state index in [4.69, 9.17) is 13.3 Å². The van der Waals surface area contributed by atoms with Gasteiger partial charge in [-0.1, -0.05) is 18.6 Å². The van der Waals surface area contributed by atoms with Crippen LogP contribution in [0.15, 0.2) is 11.6 Å². The average Bonchev–Trinajstić information content (AvgIpc) is 2.40. The summed E-state index contributed by atoms with van der Waals surface area (Å²) < 4.78 is 17.9. The van der Waals surface area contributed by atoms with Gasteiger partial charge in [0.2, 0.25) is 0 Å². The predicted molar refractivity (Wildman–Crippen MR) is 85.7 cm³/mol. The summed E-state index contributed by atoms with van der Waals surface area (Å²) in [6.07, 6.45) is 6.12. The first-order valence-corrected chi connectivity index (χ1v) is 10.1. The zero-order valence-electron chi connectivity index (χ0n) is 13.9. The van der Waals surface area contributed by atoms with Gasteiger partial charge in [-0.3, -0.25) is 0 Å². The normalized spacial score (nSPS) is 21.6. The molecule has 0 fully saturated rings. The van der Waals surface area contributed by atoms with E-state index in [0.29, 0.717) is 25.7 Å². The third-order valence-corrected chi connectivity index (χ3v) is 7.48. The van der Waals surface area contributed by atoms with Crippen LogP contribution < -0.4 is 0 Å². The molecule has 0 spiro atoms. The molecule has 0 aromatic rings. The maximum absolute atomic E-state index is 5.97. The molecular formula is C16H32O3Si. The third-order valence-electron chi connectivity index (χ3n) is 4.15. The van der Waals surface area contributed by atoms with Crippen LogP contribution >= 0.6 is 0 Å². The lowest BCUT2D eigenvalue weighted by Crippen LogP contribution is -2.48. The molecule has 0 aromatic carbocycles. The molecule has 2 atom stereocenters. The molecule has 20 heavy (non-hydrogen) atoms. The Kier molecular flexibility index (Phi) is 8.03. The standard InChI is InChI=1S/C16H32O3Si/c1-6-17-20(18-7-2,19-8-3)13-15(5)16-11-9-14(4)10-12-16/h9,15-16H,6-8,10-13H2,1-5H3/t15-,16+/m1/s1. The van der Waals surface area contributed by atoms with Crippen LogP contribution in [-0.2, 0) is 13.3 Å². The van der Waals surface area contributed by atoms with Gasteiger partial charge in [0, 0.05) is 25.9 Å². The fourth-order valence-electron chi connectivity index (χ4n) is 3.02. The highest BCUT2D eigenvalue weighted by atomic mass is 28.4. The minimum absolute atomic E-state index is 0.593. The molecule has 0 N–H and O–H groups in total.